The molecule has 0 saturated carbocycles. The Morgan fingerprint density at radius 1 is 1.09 bits per heavy atom. The van der Waals surface area contributed by atoms with E-state index in [1.165, 1.54) is 0 Å². The molecular weight excluding hydrogens is 414 g/mol. The average Bonchev–Trinajstić information content (AvgIpc) is 2.85. The van der Waals surface area contributed by atoms with Crippen LogP contribution >= 0.6 is 0 Å². The Morgan fingerprint density at radius 2 is 1.76 bits per heavy atom. The summed E-state index contributed by atoms with van der Waals surface area (Å²) in [7, 11) is 2.22. The SMILES string of the molecule is C[N+]1(CCCc2cnccn2)CCC[C@@H](OC(=O)C(O)(c2ccccc2)c2ccccc2)C1. The smallest absolute Gasteiger partial charge is 0.348 e. The van der Waals surface area contributed by atoms with Crippen molar-refractivity contribution < 1.29 is 19.1 Å². The van der Waals surface area contributed by atoms with Gasteiger partial charge in [0.1, 0.15) is 6.54 Å². The van der Waals surface area contributed by atoms with Crippen LogP contribution in [-0.4, -0.2) is 58.3 Å². The molecule has 1 aromatic heterocycles. The molecule has 4 rings (SSSR count). The zero-order chi connectivity index (χ0) is 23.2. The van der Waals surface area contributed by atoms with Gasteiger partial charge in [-0.05, 0) is 24.0 Å². The van der Waals surface area contributed by atoms with E-state index >= 15 is 0 Å². The molecule has 1 unspecified atom stereocenters. The summed E-state index contributed by atoms with van der Waals surface area (Å²) in [6.07, 6.45) is 8.66. The van der Waals surface area contributed by atoms with E-state index in [2.05, 4.69) is 17.0 Å². The number of quaternary nitrogens is 1. The lowest BCUT2D eigenvalue weighted by molar-refractivity contribution is -0.917. The van der Waals surface area contributed by atoms with Gasteiger partial charge in [-0.3, -0.25) is 9.97 Å². The van der Waals surface area contributed by atoms with Gasteiger partial charge in [-0.25, -0.2) is 4.79 Å². The molecule has 6 nitrogen and oxygen atoms in total. The monoisotopic (exact) mass is 446 g/mol. The number of rotatable bonds is 8. The molecule has 1 aliphatic rings. The second-order valence-corrected chi connectivity index (χ2v) is 9.16. The van der Waals surface area contributed by atoms with Crippen LogP contribution < -0.4 is 0 Å². The van der Waals surface area contributed by atoms with E-state index < -0.39 is 11.6 Å². The van der Waals surface area contributed by atoms with E-state index in [0.29, 0.717) is 11.1 Å². The summed E-state index contributed by atoms with van der Waals surface area (Å²) in [4.78, 5) is 21.9. The van der Waals surface area contributed by atoms with Gasteiger partial charge in [0.2, 0.25) is 5.60 Å². The van der Waals surface area contributed by atoms with Crippen LogP contribution in [0.3, 0.4) is 0 Å². The van der Waals surface area contributed by atoms with E-state index in [-0.39, 0.29) is 6.10 Å². The Balaban J connectivity index is 1.44. The van der Waals surface area contributed by atoms with Gasteiger partial charge in [0, 0.05) is 31.4 Å². The van der Waals surface area contributed by atoms with Crippen molar-refractivity contribution >= 4 is 5.97 Å². The second-order valence-electron chi connectivity index (χ2n) is 9.16. The highest BCUT2D eigenvalue weighted by atomic mass is 16.6. The number of hydrogen-bond acceptors (Lipinski definition) is 5. The van der Waals surface area contributed by atoms with Gasteiger partial charge in [-0.1, -0.05) is 60.7 Å². The largest absolute Gasteiger partial charge is 0.454 e. The van der Waals surface area contributed by atoms with Crippen molar-refractivity contribution in [2.75, 3.05) is 26.7 Å². The van der Waals surface area contributed by atoms with Crippen LogP contribution in [-0.2, 0) is 21.6 Å². The van der Waals surface area contributed by atoms with Crippen molar-refractivity contribution in [3.63, 3.8) is 0 Å². The standard InChI is InChI=1S/C27H32N3O3/c1-30(18-8-14-24-20-28-16-17-29-24)19-9-15-25(21-30)33-26(31)27(32,22-10-4-2-5-11-22)23-12-6-3-7-13-23/h2-7,10-13,16-17,20,25,32H,8-9,14-15,18-19,21H2,1H3/q+1/t25-,30?/m1/s1. The van der Waals surface area contributed by atoms with Crippen molar-refractivity contribution in [3.05, 3.63) is 96.1 Å². The normalized spacial score (nSPS) is 20.8. The number of aliphatic hydroxyl groups is 1. The zero-order valence-electron chi connectivity index (χ0n) is 19.1. The van der Waals surface area contributed by atoms with Crippen molar-refractivity contribution in [1.82, 2.24) is 9.97 Å². The van der Waals surface area contributed by atoms with E-state index in [1.54, 1.807) is 36.7 Å². The van der Waals surface area contributed by atoms with E-state index in [9.17, 15) is 9.90 Å². The lowest BCUT2D eigenvalue weighted by atomic mass is 9.86. The lowest BCUT2D eigenvalue weighted by Gasteiger charge is -2.41. The third kappa shape index (κ3) is 5.46. The van der Waals surface area contributed by atoms with Crippen LogP contribution in [0.15, 0.2) is 79.3 Å². The van der Waals surface area contributed by atoms with Crippen molar-refractivity contribution in [2.24, 2.45) is 0 Å². The number of likely N-dealkylation sites (N-methyl/N-ethyl adjacent to an activating group) is 1. The van der Waals surface area contributed by atoms with Gasteiger partial charge >= 0.3 is 5.97 Å². The number of esters is 1. The molecule has 1 aliphatic heterocycles. The summed E-state index contributed by atoms with van der Waals surface area (Å²) < 4.78 is 6.84. The van der Waals surface area contributed by atoms with Gasteiger partial charge in [0.15, 0.2) is 6.10 Å². The van der Waals surface area contributed by atoms with Gasteiger partial charge < -0.3 is 14.3 Å². The Kier molecular flexibility index (Phi) is 7.16. The topological polar surface area (TPSA) is 72.3 Å². The van der Waals surface area contributed by atoms with Crippen LogP contribution in [0.25, 0.3) is 0 Å². The molecule has 3 aromatic rings. The van der Waals surface area contributed by atoms with Crippen molar-refractivity contribution in [2.45, 2.75) is 37.4 Å². The summed E-state index contributed by atoms with van der Waals surface area (Å²) in [6.45, 7) is 2.77. The van der Waals surface area contributed by atoms with Crippen LogP contribution in [0.2, 0.25) is 0 Å². The molecule has 1 N–H and O–H groups in total. The molecule has 0 spiro atoms. The molecule has 0 amide bonds. The number of carbonyl (C=O) groups is 1. The summed E-state index contributed by atoms with van der Waals surface area (Å²) in [5.74, 6) is -0.613. The molecule has 172 valence electrons. The van der Waals surface area contributed by atoms with E-state index in [0.717, 1.165) is 55.5 Å². The number of benzene rings is 2. The molecule has 2 atom stereocenters. The molecule has 0 bridgehead atoms. The molecule has 6 heteroatoms. The average molecular weight is 447 g/mol. The first-order chi connectivity index (χ1) is 16.0. The first kappa shape index (κ1) is 23.1. The van der Waals surface area contributed by atoms with Gasteiger partial charge in [0.05, 0.1) is 25.8 Å². The Hall–Kier alpha value is -3.09. The predicted octanol–water partition coefficient (Wildman–Crippen LogP) is 3.50. The van der Waals surface area contributed by atoms with Crippen molar-refractivity contribution in [3.8, 4) is 0 Å². The number of carbonyl (C=O) groups excluding carboxylic acids is 1. The van der Waals surface area contributed by atoms with Crippen LogP contribution in [0.4, 0.5) is 0 Å². The highest BCUT2D eigenvalue weighted by Gasteiger charge is 2.44. The molecule has 33 heavy (non-hydrogen) atoms. The maximum atomic E-state index is 13.4. The Morgan fingerprint density at radius 3 is 2.36 bits per heavy atom. The minimum atomic E-state index is -1.84. The number of hydrogen-bond donors (Lipinski definition) is 1. The van der Waals surface area contributed by atoms with Crippen molar-refractivity contribution in [1.29, 1.82) is 0 Å². The maximum Gasteiger partial charge on any atom is 0.348 e. The number of likely N-dealkylation sites (tertiary alicyclic amines) is 1. The summed E-state index contributed by atoms with van der Waals surface area (Å²) >= 11 is 0. The van der Waals surface area contributed by atoms with Gasteiger partial charge in [0.25, 0.3) is 0 Å². The molecule has 0 aliphatic carbocycles. The third-order valence-electron chi connectivity index (χ3n) is 6.57. The minimum absolute atomic E-state index is 0.230. The van der Waals surface area contributed by atoms with E-state index in [4.69, 9.17) is 4.74 Å². The minimum Gasteiger partial charge on any atom is -0.454 e. The first-order valence-corrected chi connectivity index (χ1v) is 11.6. The first-order valence-electron chi connectivity index (χ1n) is 11.6. The second kappa shape index (κ2) is 10.2. The molecule has 2 heterocycles. The van der Waals surface area contributed by atoms with Gasteiger partial charge in [-0.15, -0.1) is 0 Å². The number of nitrogens with zero attached hydrogens (tertiary/aromatic N) is 3. The third-order valence-corrected chi connectivity index (χ3v) is 6.57. The summed E-state index contributed by atoms with van der Waals surface area (Å²) in [5, 5.41) is 11.7. The van der Waals surface area contributed by atoms with Crippen LogP contribution in [0.5, 0.6) is 0 Å². The number of aromatic nitrogens is 2. The highest BCUT2D eigenvalue weighted by molar-refractivity contribution is 5.85. The summed E-state index contributed by atoms with van der Waals surface area (Å²) in [6, 6.07) is 18.1. The fourth-order valence-corrected chi connectivity index (χ4v) is 4.77. The fraction of sp³-hybridized carbons (Fsp3) is 0.370. The number of aryl methyl sites for hydroxylation is 1. The summed E-state index contributed by atoms with van der Waals surface area (Å²) in [5.41, 5.74) is 0.186. The van der Waals surface area contributed by atoms with Crippen LogP contribution in [0.1, 0.15) is 36.1 Å². The van der Waals surface area contributed by atoms with Gasteiger partial charge in [-0.2, -0.15) is 0 Å². The molecular formula is C27H32N3O3+. The molecule has 1 saturated heterocycles. The zero-order valence-corrected chi connectivity index (χ0v) is 19.1. The number of piperidine rings is 1. The predicted molar refractivity (Wildman–Crippen MR) is 126 cm³/mol. The van der Waals surface area contributed by atoms with E-state index in [1.807, 2.05) is 42.6 Å². The lowest BCUT2D eigenvalue weighted by Crippen LogP contribution is -2.55. The Labute approximate surface area is 195 Å². The maximum absolute atomic E-state index is 13.4. The quantitative estimate of drug-likeness (QED) is 0.424. The van der Waals surface area contributed by atoms with Crippen LogP contribution in [0, 0.1) is 0 Å². The molecule has 2 aromatic carbocycles. The Bertz CT molecular complexity index is 991. The number of ether oxygens (including phenoxy) is 1. The molecule has 1 fully saturated rings. The molecule has 0 radical (unpaired) electrons. The highest BCUT2D eigenvalue weighted by Crippen LogP contribution is 2.32. The fourth-order valence-electron chi connectivity index (χ4n) is 4.77.